The minimum absolute atomic E-state index is 0.101. The zero-order valence-corrected chi connectivity index (χ0v) is 9.90. The summed E-state index contributed by atoms with van der Waals surface area (Å²) in [6.45, 7) is 2.60. The molecule has 0 saturated heterocycles. The number of rotatable bonds is 6. The second-order valence-corrected chi connectivity index (χ2v) is 4.03. The molecule has 0 heterocycles. The molecule has 3 nitrogen and oxygen atoms in total. The van der Waals surface area contributed by atoms with Gasteiger partial charge in [-0.3, -0.25) is 4.79 Å². The van der Waals surface area contributed by atoms with E-state index in [1.807, 2.05) is 31.2 Å². The summed E-state index contributed by atoms with van der Waals surface area (Å²) in [7, 11) is 1.63. The van der Waals surface area contributed by atoms with Gasteiger partial charge in [0.2, 0.25) is 0 Å². The number of ketones is 1. The van der Waals surface area contributed by atoms with E-state index in [0.29, 0.717) is 19.4 Å². The number of hydrogen-bond acceptors (Lipinski definition) is 3. The first-order valence-corrected chi connectivity index (χ1v) is 5.48. The Balaban J connectivity index is 2.48. The Morgan fingerprint density at radius 3 is 2.56 bits per heavy atom. The van der Waals surface area contributed by atoms with Gasteiger partial charge < -0.3 is 10.5 Å². The predicted octanol–water partition coefficient (Wildman–Crippen LogP) is 1.93. The third-order valence-electron chi connectivity index (χ3n) is 2.51. The first kappa shape index (κ1) is 12.9. The number of carbonyl (C=O) groups excluding carboxylic acids is 1. The van der Waals surface area contributed by atoms with Gasteiger partial charge in [0.1, 0.15) is 0 Å². The van der Waals surface area contributed by atoms with E-state index in [1.165, 1.54) is 0 Å². The Morgan fingerprint density at radius 2 is 2.00 bits per heavy atom. The fourth-order valence-corrected chi connectivity index (χ4v) is 1.47. The first-order valence-electron chi connectivity index (χ1n) is 5.48. The van der Waals surface area contributed by atoms with Gasteiger partial charge in [0.05, 0.1) is 0 Å². The van der Waals surface area contributed by atoms with Crippen LogP contribution in [0.2, 0.25) is 0 Å². The van der Waals surface area contributed by atoms with Gasteiger partial charge in [-0.2, -0.15) is 0 Å². The van der Waals surface area contributed by atoms with Gasteiger partial charge in [-0.1, -0.05) is 29.8 Å². The number of carbonyl (C=O) groups is 1. The number of ether oxygens (including phenoxy) is 1. The van der Waals surface area contributed by atoms with Gasteiger partial charge in [0.15, 0.2) is 5.78 Å². The topological polar surface area (TPSA) is 52.3 Å². The van der Waals surface area contributed by atoms with Crippen LogP contribution in [0.4, 0.5) is 0 Å². The largest absolute Gasteiger partial charge is 0.385 e. The molecule has 0 spiro atoms. The smallest absolute Gasteiger partial charge is 0.164 e. The molecule has 0 aliphatic carbocycles. The molecule has 1 aromatic rings. The summed E-state index contributed by atoms with van der Waals surface area (Å²) in [6.07, 6.45) is 1.10. The van der Waals surface area contributed by atoms with Crippen molar-refractivity contribution in [1.29, 1.82) is 0 Å². The van der Waals surface area contributed by atoms with Crippen LogP contribution in [-0.2, 0) is 4.74 Å². The third kappa shape index (κ3) is 4.13. The molecule has 0 aliphatic rings. The van der Waals surface area contributed by atoms with Gasteiger partial charge >= 0.3 is 0 Å². The third-order valence-corrected chi connectivity index (χ3v) is 2.51. The number of aryl methyl sites for hydroxylation is 1. The quantitative estimate of drug-likeness (QED) is 0.747. The Morgan fingerprint density at radius 1 is 1.38 bits per heavy atom. The molecular weight excluding hydrogens is 202 g/mol. The van der Waals surface area contributed by atoms with Crippen molar-refractivity contribution >= 4 is 5.78 Å². The van der Waals surface area contributed by atoms with Crippen LogP contribution in [0.15, 0.2) is 24.3 Å². The second kappa shape index (κ2) is 6.40. The van der Waals surface area contributed by atoms with E-state index in [-0.39, 0.29) is 11.8 Å². The van der Waals surface area contributed by atoms with Crippen LogP contribution in [0.25, 0.3) is 0 Å². The van der Waals surface area contributed by atoms with Gasteiger partial charge in [-0.15, -0.1) is 0 Å². The standard InChI is InChI=1S/C13H19NO2/c1-10-3-5-11(6-4-10)13(15)9-12(14)7-8-16-2/h3-6,12H,7-9,14H2,1-2H3. The highest BCUT2D eigenvalue weighted by atomic mass is 16.5. The lowest BCUT2D eigenvalue weighted by Gasteiger charge is -2.09. The number of benzene rings is 1. The Kier molecular flexibility index (Phi) is 5.15. The Labute approximate surface area is 96.6 Å². The second-order valence-electron chi connectivity index (χ2n) is 4.03. The SMILES string of the molecule is COCCC(N)CC(=O)c1ccc(C)cc1. The molecule has 0 aromatic heterocycles. The average molecular weight is 221 g/mol. The van der Waals surface area contributed by atoms with Gasteiger partial charge in [-0.05, 0) is 13.3 Å². The maximum atomic E-state index is 11.8. The molecule has 0 bridgehead atoms. The lowest BCUT2D eigenvalue weighted by molar-refractivity contribution is 0.0967. The minimum Gasteiger partial charge on any atom is -0.385 e. The summed E-state index contributed by atoms with van der Waals surface area (Å²) in [6, 6.07) is 7.46. The van der Waals surface area contributed by atoms with Crippen molar-refractivity contribution in [3.8, 4) is 0 Å². The van der Waals surface area contributed by atoms with Crippen LogP contribution in [0.1, 0.15) is 28.8 Å². The highest BCUT2D eigenvalue weighted by Crippen LogP contribution is 2.08. The van der Waals surface area contributed by atoms with E-state index in [2.05, 4.69) is 0 Å². The predicted molar refractivity (Wildman–Crippen MR) is 64.6 cm³/mol. The van der Waals surface area contributed by atoms with Gasteiger partial charge in [0, 0.05) is 31.7 Å². The molecule has 3 heteroatoms. The molecule has 2 N–H and O–H groups in total. The summed E-state index contributed by atoms with van der Waals surface area (Å²) in [5.41, 5.74) is 7.71. The lowest BCUT2D eigenvalue weighted by Crippen LogP contribution is -2.25. The minimum atomic E-state index is -0.117. The molecule has 0 radical (unpaired) electrons. The number of nitrogens with two attached hydrogens (primary N) is 1. The zero-order valence-electron chi connectivity index (χ0n) is 9.90. The summed E-state index contributed by atoms with van der Waals surface area (Å²) in [4.78, 5) is 11.8. The highest BCUT2D eigenvalue weighted by molar-refractivity contribution is 5.96. The van der Waals surface area contributed by atoms with Crippen molar-refractivity contribution in [2.45, 2.75) is 25.8 Å². The van der Waals surface area contributed by atoms with E-state index in [9.17, 15) is 4.79 Å². The van der Waals surface area contributed by atoms with Crippen molar-refractivity contribution in [2.24, 2.45) is 5.73 Å². The fourth-order valence-electron chi connectivity index (χ4n) is 1.47. The molecular formula is C13H19NO2. The molecule has 1 aromatic carbocycles. The molecule has 1 rings (SSSR count). The van der Waals surface area contributed by atoms with Crippen molar-refractivity contribution in [1.82, 2.24) is 0 Å². The maximum Gasteiger partial charge on any atom is 0.164 e. The Bertz CT molecular complexity index is 332. The monoisotopic (exact) mass is 221 g/mol. The van der Waals surface area contributed by atoms with Crippen molar-refractivity contribution < 1.29 is 9.53 Å². The van der Waals surface area contributed by atoms with E-state index in [4.69, 9.17) is 10.5 Å². The van der Waals surface area contributed by atoms with Crippen molar-refractivity contribution in [2.75, 3.05) is 13.7 Å². The van der Waals surface area contributed by atoms with E-state index in [1.54, 1.807) is 7.11 Å². The summed E-state index contributed by atoms with van der Waals surface area (Å²) in [5, 5.41) is 0. The first-order chi connectivity index (χ1) is 7.63. The van der Waals surface area contributed by atoms with Crippen LogP contribution in [0.3, 0.4) is 0 Å². The van der Waals surface area contributed by atoms with Crippen molar-refractivity contribution in [3.05, 3.63) is 35.4 Å². The molecule has 0 saturated carbocycles. The number of methoxy groups -OCH3 is 1. The van der Waals surface area contributed by atoms with E-state index in [0.717, 1.165) is 11.1 Å². The van der Waals surface area contributed by atoms with Crippen LogP contribution in [-0.4, -0.2) is 25.5 Å². The molecule has 1 atom stereocenters. The molecule has 1 unspecified atom stereocenters. The van der Waals surface area contributed by atoms with Crippen LogP contribution >= 0.6 is 0 Å². The maximum absolute atomic E-state index is 11.8. The summed E-state index contributed by atoms with van der Waals surface area (Å²) in [5.74, 6) is 0.101. The number of Topliss-reactive ketones (excluding diaryl/α,β-unsaturated/α-hetero) is 1. The van der Waals surface area contributed by atoms with Gasteiger partial charge in [0.25, 0.3) is 0 Å². The fraction of sp³-hybridized carbons (Fsp3) is 0.462. The normalized spacial score (nSPS) is 12.4. The molecule has 88 valence electrons. The molecule has 0 amide bonds. The average Bonchev–Trinajstić information content (AvgIpc) is 2.27. The van der Waals surface area contributed by atoms with Crippen molar-refractivity contribution in [3.63, 3.8) is 0 Å². The Hall–Kier alpha value is -1.19. The lowest BCUT2D eigenvalue weighted by atomic mass is 10.0. The van der Waals surface area contributed by atoms with E-state index >= 15 is 0 Å². The molecule has 0 aliphatic heterocycles. The van der Waals surface area contributed by atoms with E-state index < -0.39 is 0 Å². The summed E-state index contributed by atoms with van der Waals surface area (Å²) < 4.78 is 4.92. The zero-order chi connectivity index (χ0) is 12.0. The molecule has 16 heavy (non-hydrogen) atoms. The van der Waals surface area contributed by atoms with Crippen LogP contribution in [0, 0.1) is 6.92 Å². The number of hydrogen-bond donors (Lipinski definition) is 1. The van der Waals surface area contributed by atoms with Crippen LogP contribution in [0.5, 0.6) is 0 Å². The summed E-state index contributed by atoms with van der Waals surface area (Å²) >= 11 is 0. The van der Waals surface area contributed by atoms with Crippen LogP contribution < -0.4 is 5.73 Å². The highest BCUT2D eigenvalue weighted by Gasteiger charge is 2.11. The van der Waals surface area contributed by atoms with Gasteiger partial charge in [-0.25, -0.2) is 0 Å². The molecule has 0 fully saturated rings.